The van der Waals surface area contributed by atoms with E-state index in [1.54, 1.807) is 35.9 Å². The van der Waals surface area contributed by atoms with Gasteiger partial charge in [0.25, 0.3) is 5.56 Å². The summed E-state index contributed by atoms with van der Waals surface area (Å²) in [4.78, 5) is 16.7. The van der Waals surface area contributed by atoms with Gasteiger partial charge in [-0.3, -0.25) is 14.0 Å². The smallest absolute Gasteiger partial charge is 0.264 e. The van der Waals surface area contributed by atoms with Crippen molar-refractivity contribution in [1.82, 2.24) is 19.3 Å². The normalized spacial score (nSPS) is 11.0. The van der Waals surface area contributed by atoms with Crippen molar-refractivity contribution in [3.05, 3.63) is 51.1 Å². The molecule has 0 N–H and O–H groups in total. The monoisotopic (exact) mass is 348 g/mol. The summed E-state index contributed by atoms with van der Waals surface area (Å²) < 4.78 is 9.20. The van der Waals surface area contributed by atoms with Crippen LogP contribution in [-0.4, -0.2) is 26.4 Å². The Hall–Kier alpha value is -2.15. The van der Waals surface area contributed by atoms with E-state index in [1.807, 2.05) is 18.2 Å². The summed E-state index contributed by atoms with van der Waals surface area (Å²) in [5.41, 5.74) is 1.47. The van der Waals surface area contributed by atoms with Crippen LogP contribution in [0.1, 0.15) is 5.56 Å². The molecule has 0 atom stereocenters. The van der Waals surface area contributed by atoms with Gasteiger partial charge in [0, 0.05) is 7.05 Å². The first-order valence-corrected chi connectivity index (χ1v) is 7.09. The van der Waals surface area contributed by atoms with Gasteiger partial charge in [-0.1, -0.05) is 6.07 Å². The molecule has 7 heteroatoms. The van der Waals surface area contributed by atoms with Crippen molar-refractivity contribution in [2.75, 3.05) is 7.11 Å². The molecule has 0 unspecified atom stereocenters. The molecule has 1 aromatic carbocycles. The highest BCUT2D eigenvalue weighted by Gasteiger charge is 2.09. The Kier molecular flexibility index (Phi) is 3.50. The van der Waals surface area contributed by atoms with E-state index in [0.29, 0.717) is 17.6 Å². The lowest BCUT2D eigenvalue weighted by Crippen LogP contribution is -2.21. The number of ether oxygens (including phenoxy) is 1. The summed E-state index contributed by atoms with van der Waals surface area (Å²) in [5.74, 6) is 0.756. The Morgan fingerprint density at radius 1 is 1.38 bits per heavy atom. The fourth-order valence-corrected chi connectivity index (χ4v) is 2.77. The number of rotatable bonds is 3. The van der Waals surface area contributed by atoms with Gasteiger partial charge in [0.05, 0.1) is 24.3 Å². The zero-order valence-electron chi connectivity index (χ0n) is 11.6. The number of fused-ring (bicyclic) bond motifs is 1. The topological polar surface area (TPSA) is 61.9 Å². The summed E-state index contributed by atoms with van der Waals surface area (Å²) in [5, 5.41) is 4.58. The fourth-order valence-electron chi connectivity index (χ4n) is 2.18. The molecule has 2 aromatic heterocycles. The van der Waals surface area contributed by atoms with Gasteiger partial charge in [0.1, 0.15) is 17.5 Å². The van der Waals surface area contributed by atoms with Crippen LogP contribution in [0.15, 0.2) is 40.0 Å². The lowest BCUT2D eigenvalue weighted by Gasteiger charge is -2.08. The molecule has 0 saturated heterocycles. The van der Waals surface area contributed by atoms with Crippen LogP contribution in [0.4, 0.5) is 0 Å². The Morgan fingerprint density at radius 3 is 2.90 bits per heavy atom. The van der Waals surface area contributed by atoms with E-state index >= 15 is 0 Å². The highest BCUT2D eigenvalue weighted by molar-refractivity contribution is 9.10. The summed E-state index contributed by atoms with van der Waals surface area (Å²) in [6.45, 7) is 0.444. The second kappa shape index (κ2) is 5.33. The standard InChI is InChI=1S/C14H13BrN4O2/c1-18-13-10(6-17-18)14(20)19(8-16-13)7-9-3-4-12(21-2)11(15)5-9/h3-6,8H,7H2,1-2H3. The first-order valence-electron chi connectivity index (χ1n) is 6.29. The number of methoxy groups -OCH3 is 1. The molecular formula is C14H13BrN4O2. The molecule has 0 saturated carbocycles. The van der Waals surface area contributed by atoms with Crippen LogP contribution in [0.2, 0.25) is 0 Å². The molecule has 0 aliphatic heterocycles. The van der Waals surface area contributed by atoms with E-state index in [4.69, 9.17) is 4.74 Å². The molecule has 3 rings (SSSR count). The van der Waals surface area contributed by atoms with Crippen LogP contribution < -0.4 is 10.3 Å². The largest absolute Gasteiger partial charge is 0.496 e. The second-order valence-corrected chi connectivity index (χ2v) is 5.51. The number of aromatic nitrogens is 4. The third-order valence-corrected chi connectivity index (χ3v) is 3.91. The SMILES string of the molecule is COc1ccc(Cn2cnc3c(cnn3C)c2=O)cc1Br. The molecule has 0 fully saturated rings. The van der Waals surface area contributed by atoms with Gasteiger partial charge in [0.2, 0.25) is 0 Å². The van der Waals surface area contributed by atoms with Crippen LogP contribution in [0.3, 0.4) is 0 Å². The number of hydrogen-bond donors (Lipinski definition) is 0. The van der Waals surface area contributed by atoms with E-state index in [-0.39, 0.29) is 5.56 Å². The van der Waals surface area contributed by atoms with Crippen molar-refractivity contribution in [1.29, 1.82) is 0 Å². The van der Waals surface area contributed by atoms with E-state index in [2.05, 4.69) is 26.0 Å². The molecule has 3 aromatic rings. The minimum Gasteiger partial charge on any atom is -0.496 e. The van der Waals surface area contributed by atoms with Crippen LogP contribution >= 0.6 is 15.9 Å². The third-order valence-electron chi connectivity index (χ3n) is 3.29. The quantitative estimate of drug-likeness (QED) is 0.725. The van der Waals surface area contributed by atoms with Gasteiger partial charge in [-0.05, 0) is 33.6 Å². The van der Waals surface area contributed by atoms with Gasteiger partial charge in [0.15, 0.2) is 5.65 Å². The van der Waals surface area contributed by atoms with Gasteiger partial charge >= 0.3 is 0 Å². The Morgan fingerprint density at radius 2 is 2.19 bits per heavy atom. The van der Waals surface area contributed by atoms with Crippen molar-refractivity contribution < 1.29 is 4.74 Å². The average Bonchev–Trinajstić information content (AvgIpc) is 2.84. The molecule has 0 spiro atoms. The molecule has 0 radical (unpaired) electrons. The van der Waals surface area contributed by atoms with Crippen LogP contribution in [-0.2, 0) is 13.6 Å². The van der Waals surface area contributed by atoms with Crippen molar-refractivity contribution in [2.45, 2.75) is 6.54 Å². The first-order chi connectivity index (χ1) is 10.1. The summed E-state index contributed by atoms with van der Waals surface area (Å²) in [7, 11) is 3.38. The first kappa shape index (κ1) is 13.8. The van der Waals surface area contributed by atoms with E-state index in [0.717, 1.165) is 15.8 Å². The average molecular weight is 349 g/mol. The molecule has 0 aliphatic rings. The summed E-state index contributed by atoms with van der Waals surface area (Å²) in [6, 6.07) is 5.71. The van der Waals surface area contributed by atoms with Gasteiger partial charge in [-0.25, -0.2) is 4.98 Å². The molecule has 108 valence electrons. The number of benzene rings is 1. The fraction of sp³-hybridized carbons (Fsp3) is 0.214. The molecule has 0 aliphatic carbocycles. The minimum absolute atomic E-state index is 0.0972. The van der Waals surface area contributed by atoms with E-state index < -0.39 is 0 Å². The van der Waals surface area contributed by atoms with Crippen molar-refractivity contribution in [3.63, 3.8) is 0 Å². The Labute approximate surface area is 129 Å². The number of hydrogen-bond acceptors (Lipinski definition) is 4. The Balaban J connectivity index is 2.00. The zero-order valence-corrected chi connectivity index (χ0v) is 13.2. The molecule has 21 heavy (non-hydrogen) atoms. The zero-order chi connectivity index (χ0) is 15.0. The van der Waals surface area contributed by atoms with Crippen molar-refractivity contribution in [3.8, 4) is 5.75 Å². The summed E-state index contributed by atoms with van der Waals surface area (Å²) >= 11 is 3.44. The maximum absolute atomic E-state index is 12.4. The van der Waals surface area contributed by atoms with Crippen LogP contribution in [0.5, 0.6) is 5.75 Å². The number of nitrogens with zero attached hydrogens (tertiary/aromatic N) is 4. The summed E-state index contributed by atoms with van der Waals surface area (Å²) in [6.07, 6.45) is 3.09. The number of halogens is 1. The second-order valence-electron chi connectivity index (χ2n) is 4.65. The highest BCUT2D eigenvalue weighted by atomic mass is 79.9. The van der Waals surface area contributed by atoms with Crippen LogP contribution in [0.25, 0.3) is 11.0 Å². The lowest BCUT2D eigenvalue weighted by atomic mass is 10.2. The van der Waals surface area contributed by atoms with Gasteiger partial charge in [-0.2, -0.15) is 5.10 Å². The molecular weight excluding hydrogens is 336 g/mol. The van der Waals surface area contributed by atoms with Crippen LogP contribution in [0, 0.1) is 0 Å². The predicted molar refractivity (Wildman–Crippen MR) is 82.6 cm³/mol. The van der Waals surface area contributed by atoms with Gasteiger partial charge in [-0.15, -0.1) is 0 Å². The number of aryl methyl sites for hydroxylation is 1. The lowest BCUT2D eigenvalue weighted by molar-refractivity contribution is 0.412. The molecule has 0 bridgehead atoms. The highest BCUT2D eigenvalue weighted by Crippen LogP contribution is 2.25. The van der Waals surface area contributed by atoms with E-state index in [1.165, 1.54) is 0 Å². The predicted octanol–water partition coefficient (Wildman–Crippen LogP) is 1.95. The van der Waals surface area contributed by atoms with E-state index in [9.17, 15) is 4.79 Å². The molecule has 6 nitrogen and oxygen atoms in total. The maximum atomic E-state index is 12.4. The Bertz CT molecular complexity index is 869. The minimum atomic E-state index is -0.0972. The molecule has 2 heterocycles. The third kappa shape index (κ3) is 2.44. The maximum Gasteiger partial charge on any atom is 0.264 e. The van der Waals surface area contributed by atoms with Crippen molar-refractivity contribution >= 4 is 27.0 Å². The van der Waals surface area contributed by atoms with Gasteiger partial charge < -0.3 is 4.74 Å². The molecule has 0 amide bonds. The van der Waals surface area contributed by atoms with Crippen molar-refractivity contribution in [2.24, 2.45) is 7.05 Å².